The summed E-state index contributed by atoms with van der Waals surface area (Å²) in [6.45, 7) is 4.24. The highest BCUT2D eigenvalue weighted by Crippen LogP contribution is 2.18. The fourth-order valence-corrected chi connectivity index (χ4v) is 8.25. The molecule has 4 nitrogen and oxygen atoms in total. The number of nitrogens with one attached hydrogen (secondary N) is 1. The molecule has 324 valence electrons. The zero-order valence-corrected chi connectivity index (χ0v) is 37.3. The van der Waals surface area contributed by atoms with Crippen molar-refractivity contribution in [1.29, 1.82) is 0 Å². The topological polar surface area (TPSA) is 69.6 Å². The first-order chi connectivity index (χ1) is 26.7. The van der Waals surface area contributed by atoms with Gasteiger partial charge in [0.25, 0.3) is 0 Å². The van der Waals surface area contributed by atoms with Gasteiger partial charge in [-0.25, -0.2) is 0 Å². The summed E-state index contributed by atoms with van der Waals surface area (Å²) in [6.07, 6.45) is 58.9. The molecule has 0 radical (unpaired) electrons. The van der Waals surface area contributed by atoms with Crippen LogP contribution in [0.4, 0.5) is 0 Å². The summed E-state index contributed by atoms with van der Waals surface area (Å²) < 4.78 is 0. The minimum atomic E-state index is -0.650. The fraction of sp³-hybridized carbons (Fsp3) is 0.980. The molecule has 3 N–H and O–H groups in total. The van der Waals surface area contributed by atoms with Crippen molar-refractivity contribution in [3.8, 4) is 0 Å². The Bertz CT molecular complexity index is 699. The fourth-order valence-electron chi connectivity index (χ4n) is 8.25. The van der Waals surface area contributed by atoms with Crippen LogP contribution in [0.2, 0.25) is 0 Å². The molecule has 0 fully saturated rings. The molecule has 0 saturated carbocycles. The monoisotopic (exact) mass is 764 g/mol. The van der Waals surface area contributed by atoms with Crippen LogP contribution in [0.1, 0.15) is 296 Å². The van der Waals surface area contributed by atoms with E-state index in [1.165, 1.54) is 238 Å². The van der Waals surface area contributed by atoms with Gasteiger partial charge in [0.1, 0.15) is 0 Å². The molecule has 0 aliphatic carbocycles. The Kier molecular flexibility index (Phi) is 46.2. The third-order valence-corrected chi connectivity index (χ3v) is 12.1. The van der Waals surface area contributed by atoms with Gasteiger partial charge < -0.3 is 15.5 Å². The van der Waals surface area contributed by atoms with Gasteiger partial charge in [0.05, 0.1) is 18.8 Å². The van der Waals surface area contributed by atoms with E-state index in [0.29, 0.717) is 12.8 Å². The van der Waals surface area contributed by atoms with Crippen molar-refractivity contribution >= 4 is 5.91 Å². The van der Waals surface area contributed by atoms with E-state index < -0.39 is 12.1 Å². The molecule has 0 rings (SSSR count). The second-order valence-electron chi connectivity index (χ2n) is 17.6. The number of aliphatic hydroxyl groups is 2. The summed E-state index contributed by atoms with van der Waals surface area (Å²) in [5, 5.41) is 22.6. The summed E-state index contributed by atoms with van der Waals surface area (Å²) in [5.41, 5.74) is 0. The number of unbranched alkanes of at least 4 members (excludes halogenated alkanes) is 40. The van der Waals surface area contributed by atoms with Gasteiger partial charge in [0, 0.05) is 6.42 Å². The minimum Gasteiger partial charge on any atom is -0.394 e. The number of carbonyl (C=O) groups excluding carboxylic acids is 1. The van der Waals surface area contributed by atoms with E-state index in [1.807, 2.05) is 0 Å². The van der Waals surface area contributed by atoms with Crippen LogP contribution >= 0.6 is 0 Å². The lowest BCUT2D eigenvalue weighted by Crippen LogP contribution is -2.45. The molecule has 0 aromatic carbocycles. The maximum absolute atomic E-state index is 12.2. The summed E-state index contributed by atoms with van der Waals surface area (Å²) in [7, 11) is 0. The van der Waals surface area contributed by atoms with Crippen molar-refractivity contribution in [3.05, 3.63) is 0 Å². The summed E-state index contributed by atoms with van der Waals surface area (Å²) in [5.74, 6) is -0.0369. The highest BCUT2D eigenvalue weighted by molar-refractivity contribution is 5.76. The predicted octanol–water partition coefficient (Wildman–Crippen LogP) is 16.0. The molecule has 0 spiro atoms. The maximum Gasteiger partial charge on any atom is 0.220 e. The summed E-state index contributed by atoms with van der Waals surface area (Å²) in [6, 6.07) is -0.526. The van der Waals surface area contributed by atoms with Crippen LogP contribution in [-0.2, 0) is 4.79 Å². The SMILES string of the molecule is CCCCCCCCCCCCCCCCCCCCCCCCCCCCCCCCCCCCCCCCCC(=O)NC(CO)C(O)CCCCC. The van der Waals surface area contributed by atoms with Crippen LogP contribution in [0.15, 0.2) is 0 Å². The second-order valence-corrected chi connectivity index (χ2v) is 17.6. The molecule has 0 saturated heterocycles. The Balaban J connectivity index is 3.20. The van der Waals surface area contributed by atoms with E-state index >= 15 is 0 Å². The van der Waals surface area contributed by atoms with E-state index in [0.717, 1.165) is 32.1 Å². The quantitative estimate of drug-likeness (QED) is 0.0541. The third kappa shape index (κ3) is 42.5. The number of hydrogen-bond donors (Lipinski definition) is 3. The van der Waals surface area contributed by atoms with E-state index in [9.17, 15) is 15.0 Å². The first-order valence-corrected chi connectivity index (χ1v) is 25.2. The Morgan fingerprint density at radius 1 is 0.370 bits per heavy atom. The second kappa shape index (κ2) is 46.8. The molecule has 0 aromatic rings. The van der Waals surface area contributed by atoms with Crippen molar-refractivity contribution in [2.45, 2.75) is 309 Å². The van der Waals surface area contributed by atoms with E-state index in [-0.39, 0.29) is 12.5 Å². The average Bonchev–Trinajstić information content (AvgIpc) is 3.17. The standard InChI is InChI=1S/C50H101NO3/c1-3-5-7-8-9-10-11-12-13-14-15-16-17-18-19-20-21-22-23-24-25-26-27-28-29-30-31-32-33-34-35-36-37-38-39-40-41-42-44-46-50(54)51-48(47-52)49(53)45-43-6-4-2/h48-49,52-53H,3-47H2,1-2H3,(H,51,54). The lowest BCUT2D eigenvalue weighted by Gasteiger charge is -2.22. The van der Waals surface area contributed by atoms with Gasteiger partial charge in [-0.2, -0.15) is 0 Å². The van der Waals surface area contributed by atoms with Gasteiger partial charge in [-0.1, -0.05) is 277 Å². The highest BCUT2D eigenvalue weighted by atomic mass is 16.3. The zero-order chi connectivity index (χ0) is 39.3. The van der Waals surface area contributed by atoms with Gasteiger partial charge in [0.2, 0.25) is 5.91 Å². The first-order valence-electron chi connectivity index (χ1n) is 25.2. The van der Waals surface area contributed by atoms with E-state index in [1.54, 1.807) is 0 Å². The van der Waals surface area contributed by atoms with Crippen LogP contribution in [0, 0.1) is 0 Å². The molecule has 1 amide bonds. The van der Waals surface area contributed by atoms with Crippen LogP contribution < -0.4 is 5.32 Å². The molecule has 0 bridgehead atoms. The smallest absolute Gasteiger partial charge is 0.220 e. The number of aliphatic hydroxyl groups excluding tert-OH is 2. The predicted molar refractivity (Wildman–Crippen MR) is 240 cm³/mol. The van der Waals surface area contributed by atoms with E-state index in [4.69, 9.17) is 0 Å². The van der Waals surface area contributed by atoms with E-state index in [2.05, 4.69) is 19.2 Å². The van der Waals surface area contributed by atoms with Gasteiger partial charge in [-0.3, -0.25) is 4.79 Å². The molecule has 0 aliphatic rings. The lowest BCUT2D eigenvalue weighted by atomic mass is 10.0. The minimum absolute atomic E-state index is 0.0369. The number of amides is 1. The van der Waals surface area contributed by atoms with Crippen LogP contribution in [0.25, 0.3) is 0 Å². The van der Waals surface area contributed by atoms with Crippen LogP contribution in [0.5, 0.6) is 0 Å². The third-order valence-electron chi connectivity index (χ3n) is 12.1. The molecular formula is C50H101NO3. The summed E-state index contributed by atoms with van der Waals surface area (Å²) >= 11 is 0. The van der Waals surface area contributed by atoms with Gasteiger partial charge in [-0.05, 0) is 12.8 Å². The number of hydrogen-bond acceptors (Lipinski definition) is 3. The molecule has 4 heteroatoms. The maximum atomic E-state index is 12.2. The number of rotatable bonds is 47. The average molecular weight is 764 g/mol. The van der Waals surface area contributed by atoms with Crippen molar-refractivity contribution in [2.24, 2.45) is 0 Å². The Hall–Kier alpha value is -0.610. The molecule has 2 atom stereocenters. The van der Waals surface area contributed by atoms with Gasteiger partial charge in [-0.15, -0.1) is 0 Å². The normalized spacial score (nSPS) is 12.7. The van der Waals surface area contributed by atoms with Crippen molar-refractivity contribution in [1.82, 2.24) is 5.32 Å². The van der Waals surface area contributed by atoms with Crippen LogP contribution in [0.3, 0.4) is 0 Å². The van der Waals surface area contributed by atoms with Crippen molar-refractivity contribution < 1.29 is 15.0 Å². The van der Waals surface area contributed by atoms with Crippen molar-refractivity contribution in [2.75, 3.05) is 6.61 Å². The Morgan fingerprint density at radius 2 is 0.593 bits per heavy atom. The number of carbonyl (C=O) groups is 1. The lowest BCUT2D eigenvalue weighted by molar-refractivity contribution is -0.123. The Labute approximate surface area is 340 Å². The van der Waals surface area contributed by atoms with Crippen molar-refractivity contribution in [3.63, 3.8) is 0 Å². The van der Waals surface area contributed by atoms with Gasteiger partial charge >= 0.3 is 0 Å². The molecule has 0 heterocycles. The highest BCUT2D eigenvalue weighted by Gasteiger charge is 2.19. The Morgan fingerprint density at radius 3 is 0.833 bits per heavy atom. The molecular weight excluding hydrogens is 663 g/mol. The molecule has 0 aromatic heterocycles. The first kappa shape index (κ1) is 53.4. The molecule has 0 aliphatic heterocycles. The molecule has 54 heavy (non-hydrogen) atoms. The largest absolute Gasteiger partial charge is 0.394 e. The molecule has 2 unspecified atom stereocenters. The van der Waals surface area contributed by atoms with Crippen LogP contribution in [-0.4, -0.2) is 34.9 Å². The van der Waals surface area contributed by atoms with Gasteiger partial charge in [0.15, 0.2) is 0 Å². The summed E-state index contributed by atoms with van der Waals surface area (Å²) in [4.78, 5) is 12.2. The zero-order valence-electron chi connectivity index (χ0n) is 37.3.